The van der Waals surface area contributed by atoms with Gasteiger partial charge in [0, 0.05) is 11.1 Å². The lowest BCUT2D eigenvalue weighted by Crippen LogP contribution is -2.46. The normalized spacial score (nSPS) is 31.0. The highest BCUT2D eigenvalue weighted by Gasteiger charge is 2.42. The van der Waals surface area contributed by atoms with Crippen molar-refractivity contribution >= 4 is 0 Å². The van der Waals surface area contributed by atoms with Gasteiger partial charge in [-0.2, -0.15) is 0 Å². The summed E-state index contributed by atoms with van der Waals surface area (Å²) in [6.45, 7) is 0.404. The summed E-state index contributed by atoms with van der Waals surface area (Å²) in [7, 11) is 0. The molecule has 2 unspecified atom stereocenters. The molecule has 6 heteroatoms. The molecule has 138 valence electrons. The summed E-state index contributed by atoms with van der Waals surface area (Å²) >= 11 is 0. The zero-order valence-corrected chi connectivity index (χ0v) is 14.2. The number of hydrogen-bond donors (Lipinski definition) is 2. The predicted octanol–water partition coefficient (Wildman–Crippen LogP) is 1.94. The van der Waals surface area contributed by atoms with E-state index in [2.05, 4.69) is 0 Å². The molecule has 4 rings (SSSR count). The Morgan fingerprint density at radius 2 is 1.04 bits per heavy atom. The van der Waals surface area contributed by atoms with Gasteiger partial charge in [0.25, 0.3) is 0 Å². The van der Waals surface area contributed by atoms with Crippen LogP contribution in [0, 0.1) is 0 Å². The summed E-state index contributed by atoms with van der Waals surface area (Å²) in [6.07, 6.45) is -4.61. The maximum atomic E-state index is 10.5. The van der Waals surface area contributed by atoms with Crippen LogP contribution in [0.2, 0.25) is 0 Å². The lowest BCUT2D eigenvalue weighted by atomic mass is 10.0. The van der Waals surface area contributed by atoms with E-state index in [0.29, 0.717) is 0 Å². The lowest BCUT2D eigenvalue weighted by Gasteiger charge is -2.25. The monoisotopic (exact) mass is 358 g/mol. The van der Waals surface area contributed by atoms with Crippen LogP contribution >= 0.6 is 0 Å². The summed E-state index contributed by atoms with van der Waals surface area (Å²) in [5, 5.41) is 21.0. The van der Waals surface area contributed by atoms with Crippen LogP contribution < -0.4 is 0 Å². The largest absolute Gasteiger partial charge is 0.387 e. The molecule has 0 bridgehead atoms. The van der Waals surface area contributed by atoms with Crippen LogP contribution in [0.25, 0.3) is 0 Å². The molecule has 0 amide bonds. The standard InChI is InChI=1S/C20H22O6/c21-17(15-11-23-19(25-15)13-7-3-1-4-8-13)18(22)16-12-24-20(26-16)14-9-5-2-6-10-14/h1-10,15-22H,11-12H2/t15-,16+,17-,18-,19?,20?/m0/s1. The van der Waals surface area contributed by atoms with Gasteiger partial charge in [0.05, 0.1) is 13.2 Å². The van der Waals surface area contributed by atoms with Gasteiger partial charge in [0.15, 0.2) is 12.6 Å². The van der Waals surface area contributed by atoms with Crippen molar-refractivity contribution in [3.63, 3.8) is 0 Å². The number of ether oxygens (including phenoxy) is 4. The molecule has 2 heterocycles. The number of aliphatic hydroxyl groups is 2. The summed E-state index contributed by atoms with van der Waals surface area (Å²) in [5.74, 6) is 0. The SMILES string of the molecule is O[C@H]([C@@H](O)[C@H]1COC(c2ccccc2)O1)[C@@H]1COC(c2ccccc2)O1. The predicted molar refractivity (Wildman–Crippen MR) is 92.0 cm³/mol. The van der Waals surface area contributed by atoms with Crippen LogP contribution in [0.5, 0.6) is 0 Å². The van der Waals surface area contributed by atoms with E-state index >= 15 is 0 Å². The fourth-order valence-electron chi connectivity index (χ4n) is 3.21. The van der Waals surface area contributed by atoms with Gasteiger partial charge in [0.2, 0.25) is 0 Å². The molecule has 0 radical (unpaired) electrons. The number of hydrogen-bond acceptors (Lipinski definition) is 6. The van der Waals surface area contributed by atoms with E-state index in [4.69, 9.17) is 18.9 Å². The Hall–Kier alpha value is -1.80. The number of aliphatic hydroxyl groups excluding tert-OH is 2. The molecule has 2 aliphatic rings. The average Bonchev–Trinajstić information content (AvgIpc) is 3.38. The fraction of sp³-hybridized carbons (Fsp3) is 0.400. The van der Waals surface area contributed by atoms with Gasteiger partial charge >= 0.3 is 0 Å². The quantitative estimate of drug-likeness (QED) is 0.851. The molecule has 0 spiro atoms. The number of rotatable bonds is 5. The second-order valence-corrected chi connectivity index (χ2v) is 6.48. The van der Waals surface area contributed by atoms with Crippen molar-refractivity contribution in [1.29, 1.82) is 0 Å². The van der Waals surface area contributed by atoms with Crippen molar-refractivity contribution in [3.8, 4) is 0 Å². The third-order valence-corrected chi connectivity index (χ3v) is 4.68. The molecule has 6 atom stereocenters. The minimum absolute atomic E-state index is 0.202. The van der Waals surface area contributed by atoms with E-state index in [9.17, 15) is 10.2 Å². The zero-order chi connectivity index (χ0) is 17.9. The van der Waals surface area contributed by atoms with Gasteiger partial charge in [-0.1, -0.05) is 60.7 Å². The van der Waals surface area contributed by atoms with Crippen LogP contribution in [0.15, 0.2) is 60.7 Å². The Morgan fingerprint density at radius 3 is 1.42 bits per heavy atom. The van der Waals surface area contributed by atoms with Gasteiger partial charge < -0.3 is 29.2 Å². The van der Waals surface area contributed by atoms with Gasteiger partial charge in [0.1, 0.15) is 24.4 Å². The first-order valence-corrected chi connectivity index (χ1v) is 8.72. The van der Waals surface area contributed by atoms with Crippen LogP contribution in [-0.2, 0) is 18.9 Å². The molecule has 2 fully saturated rings. The molecule has 26 heavy (non-hydrogen) atoms. The lowest BCUT2D eigenvalue weighted by molar-refractivity contribution is -0.141. The molecular formula is C20H22O6. The number of benzene rings is 2. The van der Waals surface area contributed by atoms with Crippen molar-refractivity contribution in [2.45, 2.75) is 37.0 Å². The van der Waals surface area contributed by atoms with Crippen LogP contribution in [-0.4, -0.2) is 47.8 Å². The highest BCUT2D eigenvalue weighted by Crippen LogP contribution is 2.32. The van der Waals surface area contributed by atoms with Crippen molar-refractivity contribution < 1.29 is 29.2 Å². The molecular weight excluding hydrogens is 336 g/mol. The van der Waals surface area contributed by atoms with Crippen molar-refractivity contribution in [3.05, 3.63) is 71.8 Å². The molecule has 2 aromatic carbocycles. The third-order valence-electron chi connectivity index (χ3n) is 4.68. The molecule has 0 aliphatic carbocycles. The molecule has 2 aliphatic heterocycles. The minimum atomic E-state index is -1.13. The van der Waals surface area contributed by atoms with E-state index in [1.807, 2.05) is 60.7 Å². The van der Waals surface area contributed by atoms with Crippen molar-refractivity contribution in [1.82, 2.24) is 0 Å². The maximum Gasteiger partial charge on any atom is 0.184 e. The Labute approximate surface area is 151 Å². The van der Waals surface area contributed by atoms with Gasteiger partial charge in [-0.05, 0) is 0 Å². The highest BCUT2D eigenvalue weighted by atomic mass is 16.7. The van der Waals surface area contributed by atoms with Gasteiger partial charge in [-0.3, -0.25) is 0 Å². The van der Waals surface area contributed by atoms with Crippen molar-refractivity contribution in [2.24, 2.45) is 0 Å². The van der Waals surface area contributed by atoms with Crippen molar-refractivity contribution in [2.75, 3.05) is 13.2 Å². The van der Waals surface area contributed by atoms with E-state index in [1.165, 1.54) is 0 Å². The third kappa shape index (κ3) is 3.66. The van der Waals surface area contributed by atoms with Crippen LogP contribution in [0.3, 0.4) is 0 Å². The van der Waals surface area contributed by atoms with Crippen LogP contribution in [0.4, 0.5) is 0 Å². The first kappa shape index (κ1) is 17.6. The fourth-order valence-corrected chi connectivity index (χ4v) is 3.21. The minimum Gasteiger partial charge on any atom is -0.387 e. The zero-order valence-electron chi connectivity index (χ0n) is 14.2. The van der Waals surface area contributed by atoms with E-state index in [-0.39, 0.29) is 13.2 Å². The van der Waals surface area contributed by atoms with E-state index in [1.54, 1.807) is 0 Å². The Bertz CT molecular complexity index is 632. The molecule has 6 nitrogen and oxygen atoms in total. The summed E-state index contributed by atoms with van der Waals surface area (Å²) in [5.41, 5.74) is 1.75. The maximum absolute atomic E-state index is 10.5. The van der Waals surface area contributed by atoms with Crippen LogP contribution in [0.1, 0.15) is 23.7 Å². The first-order chi connectivity index (χ1) is 12.7. The first-order valence-electron chi connectivity index (χ1n) is 8.72. The second kappa shape index (κ2) is 7.84. The molecule has 0 saturated carbocycles. The highest BCUT2D eigenvalue weighted by molar-refractivity contribution is 5.17. The molecule has 2 aromatic rings. The van der Waals surface area contributed by atoms with E-state index < -0.39 is 37.0 Å². The summed E-state index contributed by atoms with van der Waals surface area (Å²) in [6, 6.07) is 19.0. The summed E-state index contributed by atoms with van der Waals surface area (Å²) in [4.78, 5) is 0. The molecule has 2 saturated heterocycles. The smallest absolute Gasteiger partial charge is 0.184 e. The topological polar surface area (TPSA) is 77.4 Å². The Balaban J connectivity index is 1.34. The second-order valence-electron chi connectivity index (χ2n) is 6.48. The van der Waals surface area contributed by atoms with Gasteiger partial charge in [-0.15, -0.1) is 0 Å². The molecule has 2 N–H and O–H groups in total. The van der Waals surface area contributed by atoms with Gasteiger partial charge in [-0.25, -0.2) is 0 Å². The average molecular weight is 358 g/mol. The molecule has 0 aromatic heterocycles. The Kier molecular flexibility index (Phi) is 5.31. The van der Waals surface area contributed by atoms with E-state index in [0.717, 1.165) is 11.1 Å². The summed E-state index contributed by atoms with van der Waals surface area (Å²) < 4.78 is 22.8. The Morgan fingerprint density at radius 1 is 0.654 bits per heavy atom.